The van der Waals surface area contributed by atoms with Crippen LogP contribution in [0.3, 0.4) is 0 Å². The van der Waals surface area contributed by atoms with Crippen molar-refractivity contribution in [2.75, 3.05) is 5.23 Å². The highest BCUT2D eigenvalue weighted by molar-refractivity contribution is 7.10. The molecule has 4 heteroatoms. The van der Waals surface area contributed by atoms with Crippen molar-refractivity contribution in [1.29, 1.82) is 0 Å². The van der Waals surface area contributed by atoms with Crippen LogP contribution >= 0.6 is 11.5 Å². The molecule has 0 aliphatic heterocycles. The Morgan fingerprint density at radius 2 is 2.62 bits per heavy atom. The Hall–Kier alpha value is -0.505. The second-order valence-electron chi connectivity index (χ2n) is 1.58. The third-order valence-electron chi connectivity index (χ3n) is 0.874. The van der Waals surface area contributed by atoms with Crippen molar-refractivity contribution in [1.82, 2.24) is 4.37 Å². The van der Waals surface area contributed by atoms with E-state index < -0.39 is 0 Å². The average Bonchev–Trinajstić information content (AvgIpc) is 2.14. The summed E-state index contributed by atoms with van der Waals surface area (Å²) in [5.74, 6) is 0. The van der Waals surface area contributed by atoms with E-state index >= 15 is 0 Å². The first-order valence-corrected chi connectivity index (χ1v) is 3.21. The van der Waals surface area contributed by atoms with Crippen LogP contribution in [0.15, 0.2) is 6.07 Å². The third kappa shape index (κ3) is 1.01. The van der Waals surface area contributed by atoms with Gasteiger partial charge in [-0.15, -0.1) is 0 Å². The van der Waals surface area contributed by atoms with Crippen LogP contribution < -0.4 is 5.23 Å². The number of hydrogen-bond acceptors (Lipinski definition) is 3. The minimum Gasteiger partial charge on any atom is -0.425 e. The maximum Gasteiger partial charge on any atom is 0.215 e. The van der Waals surface area contributed by atoms with Gasteiger partial charge in [-0.1, -0.05) is 0 Å². The Balaban J connectivity index is 2.84. The summed E-state index contributed by atoms with van der Waals surface area (Å²) in [7, 11) is 1.90. The molecule has 0 atom stereocenters. The molecule has 1 heterocycles. The number of aromatic nitrogens is 1. The molecule has 8 heavy (non-hydrogen) atoms. The normalized spacial score (nSPS) is 9.12. The molecule has 0 aromatic carbocycles. The molecule has 0 aliphatic rings. The lowest BCUT2D eigenvalue weighted by Gasteiger charge is -1.84. The molecule has 1 rings (SSSR count). The number of hydrogen-bond donors (Lipinski definition) is 1. The summed E-state index contributed by atoms with van der Waals surface area (Å²) in [5, 5.41) is 4.13. The van der Waals surface area contributed by atoms with E-state index in [-0.39, 0.29) is 0 Å². The van der Waals surface area contributed by atoms with E-state index in [0.717, 1.165) is 10.7 Å². The molecule has 0 saturated heterocycles. The van der Waals surface area contributed by atoms with E-state index in [2.05, 4.69) is 9.60 Å². The molecule has 0 saturated carbocycles. The molecule has 1 aromatic heterocycles. The SMILES string of the molecule is BNc1cc(C)ns1. The molecule has 0 bridgehead atoms. The molecule has 0 aliphatic carbocycles. The summed E-state index contributed by atoms with van der Waals surface area (Å²) in [6, 6.07) is 2.02. The highest BCUT2D eigenvalue weighted by Gasteiger charge is 1.90. The lowest BCUT2D eigenvalue weighted by Crippen LogP contribution is -1.83. The van der Waals surface area contributed by atoms with Crippen LogP contribution in [0, 0.1) is 6.92 Å². The van der Waals surface area contributed by atoms with Crippen LogP contribution in [0.1, 0.15) is 5.69 Å². The molecule has 0 unspecified atom stereocenters. The fourth-order valence-electron chi connectivity index (χ4n) is 0.481. The summed E-state index contributed by atoms with van der Waals surface area (Å²) in [6.45, 7) is 1.98. The van der Waals surface area contributed by atoms with Gasteiger partial charge in [-0.25, -0.2) is 0 Å². The summed E-state index contributed by atoms with van der Waals surface area (Å²) in [4.78, 5) is 0. The van der Waals surface area contributed by atoms with Gasteiger partial charge in [0.25, 0.3) is 0 Å². The van der Waals surface area contributed by atoms with Crippen LogP contribution in [0.25, 0.3) is 0 Å². The summed E-state index contributed by atoms with van der Waals surface area (Å²) >= 11 is 1.49. The Morgan fingerprint density at radius 1 is 1.88 bits per heavy atom. The predicted octanol–water partition coefficient (Wildman–Crippen LogP) is 0.412. The van der Waals surface area contributed by atoms with Gasteiger partial charge in [-0.05, 0) is 24.5 Å². The topological polar surface area (TPSA) is 24.9 Å². The maximum atomic E-state index is 4.07. The van der Waals surface area contributed by atoms with E-state index in [1.807, 2.05) is 21.0 Å². The zero-order valence-electron chi connectivity index (χ0n) is 4.93. The van der Waals surface area contributed by atoms with Crippen LogP contribution in [-0.4, -0.2) is 12.4 Å². The van der Waals surface area contributed by atoms with E-state index in [4.69, 9.17) is 0 Å². The molecular formula is C4H7BN2S. The van der Waals surface area contributed by atoms with Gasteiger partial charge in [0.05, 0.1) is 10.7 Å². The van der Waals surface area contributed by atoms with Gasteiger partial charge in [-0.2, -0.15) is 4.37 Å². The number of aryl methyl sites for hydroxylation is 1. The maximum absolute atomic E-state index is 4.07. The molecule has 1 N–H and O–H groups in total. The zero-order valence-corrected chi connectivity index (χ0v) is 5.75. The fourth-order valence-corrected chi connectivity index (χ4v) is 1.09. The Labute approximate surface area is 53.5 Å². The van der Waals surface area contributed by atoms with E-state index in [9.17, 15) is 0 Å². The van der Waals surface area contributed by atoms with Crippen molar-refractivity contribution in [3.8, 4) is 0 Å². The monoisotopic (exact) mass is 126 g/mol. The molecule has 0 amide bonds. The highest BCUT2D eigenvalue weighted by Crippen LogP contribution is 2.13. The van der Waals surface area contributed by atoms with Gasteiger partial charge in [0.1, 0.15) is 0 Å². The van der Waals surface area contributed by atoms with Crippen LogP contribution in [0.4, 0.5) is 5.00 Å². The highest BCUT2D eigenvalue weighted by atomic mass is 32.1. The van der Waals surface area contributed by atoms with Gasteiger partial charge < -0.3 is 5.23 Å². The lowest BCUT2D eigenvalue weighted by atomic mass is 10.4. The first-order valence-electron chi connectivity index (χ1n) is 2.44. The molecule has 2 nitrogen and oxygen atoms in total. The molecule has 1 aromatic rings. The fraction of sp³-hybridized carbons (Fsp3) is 0.250. The standard InChI is InChI=1S/C4H7BN2S/c1-3-2-4(6-5)8-7-3/h2,6H,5H2,1H3. The third-order valence-corrected chi connectivity index (χ3v) is 1.77. The zero-order chi connectivity index (χ0) is 5.98. The van der Waals surface area contributed by atoms with E-state index in [0.29, 0.717) is 0 Å². The molecule has 0 spiro atoms. The van der Waals surface area contributed by atoms with E-state index in [1.54, 1.807) is 0 Å². The number of nitrogens with zero attached hydrogens (tertiary/aromatic N) is 1. The predicted molar refractivity (Wildman–Crippen MR) is 39.0 cm³/mol. The van der Waals surface area contributed by atoms with Crippen molar-refractivity contribution < 1.29 is 0 Å². The molecule has 0 radical (unpaired) electrons. The molecular weight excluding hydrogens is 119 g/mol. The lowest BCUT2D eigenvalue weighted by molar-refractivity contribution is 1.35. The van der Waals surface area contributed by atoms with Crippen molar-refractivity contribution in [3.63, 3.8) is 0 Å². The second-order valence-corrected chi connectivity index (χ2v) is 2.39. The minimum atomic E-state index is 1.08. The number of rotatable bonds is 1. The Bertz CT molecular complexity index is 174. The average molecular weight is 126 g/mol. The van der Waals surface area contributed by atoms with Crippen LogP contribution in [0.5, 0.6) is 0 Å². The molecule has 42 valence electrons. The van der Waals surface area contributed by atoms with Gasteiger partial charge >= 0.3 is 0 Å². The Kier molecular flexibility index (Phi) is 1.53. The first-order chi connectivity index (χ1) is 3.83. The first kappa shape index (κ1) is 5.63. The van der Waals surface area contributed by atoms with Crippen molar-refractivity contribution in [2.24, 2.45) is 0 Å². The second kappa shape index (κ2) is 2.18. The Morgan fingerprint density at radius 3 is 2.88 bits per heavy atom. The van der Waals surface area contributed by atoms with Crippen molar-refractivity contribution >= 4 is 24.5 Å². The summed E-state index contributed by atoms with van der Waals surface area (Å²) in [6.07, 6.45) is 0. The smallest absolute Gasteiger partial charge is 0.215 e. The number of anilines is 1. The summed E-state index contributed by atoms with van der Waals surface area (Å²) < 4.78 is 4.07. The quantitative estimate of drug-likeness (QED) is 0.551. The van der Waals surface area contributed by atoms with Gasteiger partial charge in [0.2, 0.25) is 7.98 Å². The molecule has 0 fully saturated rings. The largest absolute Gasteiger partial charge is 0.425 e. The van der Waals surface area contributed by atoms with Gasteiger partial charge in [-0.3, -0.25) is 0 Å². The minimum absolute atomic E-state index is 1.08. The van der Waals surface area contributed by atoms with E-state index in [1.165, 1.54) is 11.5 Å². The van der Waals surface area contributed by atoms with Crippen molar-refractivity contribution in [2.45, 2.75) is 6.92 Å². The van der Waals surface area contributed by atoms with Gasteiger partial charge in [0, 0.05) is 0 Å². The van der Waals surface area contributed by atoms with Crippen molar-refractivity contribution in [3.05, 3.63) is 11.8 Å². The van der Waals surface area contributed by atoms with Crippen LogP contribution in [-0.2, 0) is 0 Å². The number of nitrogens with one attached hydrogen (secondary N) is 1. The summed E-state index contributed by atoms with van der Waals surface area (Å²) in [5.41, 5.74) is 1.08. The van der Waals surface area contributed by atoms with Crippen LogP contribution in [0.2, 0.25) is 0 Å². The van der Waals surface area contributed by atoms with Gasteiger partial charge in [0.15, 0.2) is 0 Å².